The highest BCUT2D eigenvalue weighted by Gasteiger charge is 2.11. The van der Waals surface area contributed by atoms with E-state index in [0.717, 1.165) is 5.01 Å². The molecule has 102 valence electrons. The maximum absolute atomic E-state index is 12.8. The topological polar surface area (TPSA) is 47.0 Å². The van der Waals surface area contributed by atoms with Gasteiger partial charge in [-0.3, -0.25) is 0 Å². The Morgan fingerprint density at radius 3 is 2.53 bits per heavy atom. The second-order valence-electron chi connectivity index (χ2n) is 5.12. The molecule has 0 saturated heterocycles. The highest BCUT2D eigenvalue weighted by molar-refractivity contribution is 7.13. The maximum Gasteiger partial charge on any atom is 0.299 e. The summed E-state index contributed by atoms with van der Waals surface area (Å²) in [6.45, 7) is 6.91. The Balaban J connectivity index is 1.95. The van der Waals surface area contributed by atoms with Gasteiger partial charge in [-0.25, -0.2) is 4.39 Å². The first-order valence-corrected chi connectivity index (χ1v) is 6.75. The molecule has 19 heavy (non-hydrogen) atoms. The zero-order chi connectivity index (χ0) is 13.9. The molecule has 1 N–H and O–H groups in total. The van der Waals surface area contributed by atoms with Crippen molar-refractivity contribution in [1.82, 2.24) is 15.5 Å². The average molecular weight is 281 g/mol. The molecular formula is C13H16FN3OS. The number of nitrogens with zero attached hydrogens (tertiary/aromatic N) is 2. The molecule has 0 radical (unpaired) electrons. The molecule has 1 aromatic heterocycles. The smallest absolute Gasteiger partial charge is 0.299 e. The lowest BCUT2D eigenvalue weighted by Crippen LogP contribution is -2.35. The molecular weight excluding hydrogens is 265 g/mol. The van der Waals surface area contributed by atoms with Crippen LogP contribution in [0.1, 0.15) is 25.8 Å². The average Bonchev–Trinajstić information content (AvgIpc) is 2.77. The van der Waals surface area contributed by atoms with Gasteiger partial charge >= 0.3 is 0 Å². The molecule has 0 aliphatic heterocycles. The van der Waals surface area contributed by atoms with Crippen molar-refractivity contribution in [3.8, 4) is 10.9 Å². The van der Waals surface area contributed by atoms with E-state index in [-0.39, 0.29) is 11.4 Å². The quantitative estimate of drug-likeness (QED) is 0.933. The third-order valence-corrected chi connectivity index (χ3v) is 3.04. The number of aromatic nitrogens is 2. The van der Waals surface area contributed by atoms with Gasteiger partial charge in [-0.05, 0) is 45.0 Å². The van der Waals surface area contributed by atoms with Crippen LogP contribution in [0, 0.1) is 5.82 Å². The van der Waals surface area contributed by atoms with Gasteiger partial charge in [0.25, 0.3) is 5.19 Å². The third kappa shape index (κ3) is 4.57. The van der Waals surface area contributed by atoms with E-state index < -0.39 is 0 Å². The van der Waals surface area contributed by atoms with Crippen LogP contribution >= 0.6 is 11.3 Å². The van der Waals surface area contributed by atoms with Crippen LogP contribution in [-0.4, -0.2) is 15.7 Å². The van der Waals surface area contributed by atoms with Gasteiger partial charge in [0.05, 0.1) is 6.54 Å². The van der Waals surface area contributed by atoms with Crippen LogP contribution in [0.15, 0.2) is 24.3 Å². The summed E-state index contributed by atoms with van der Waals surface area (Å²) in [5, 5.41) is 12.6. The maximum atomic E-state index is 12.8. The van der Waals surface area contributed by atoms with Crippen molar-refractivity contribution in [3.05, 3.63) is 35.1 Å². The van der Waals surface area contributed by atoms with Crippen molar-refractivity contribution < 1.29 is 9.13 Å². The van der Waals surface area contributed by atoms with E-state index in [1.54, 1.807) is 12.1 Å². The van der Waals surface area contributed by atoms with Crippen LogP contribution in [-0.2, 0) is 6.54 Å². The number of hydrogen-bond acceptors (Lipinski definition) is 5. The van der Waals surface area contributed by atoms with E-state index >= 15 is 0 Å². The van der Waals surface area contributed by atoms with Crippen molar-refractivity contribution in [2.24, 2.45) is 0 Å². The molecule has 0 unspecified atom stereocenters. The summed E-state index contributed by atoms with van der Waals surface area (Å²) in [5.41, 5.74) is 0.0314. The Kier molecular flexibility index (Phi) is 4.11. The van der Waals surface area contributed by atoms with Crippen molar-refractivity contribution in [2.45, 2.75) is 32.9 Å². The summed E-state index contributed by atoms with van der Waals surface area (Å²) >= 11 is 1.37. The molecule has 2 rings (SSSR count). The number of ether oxygens (including phenoxy) is 1. The van der Waals surface area contributed by atoms with Crippen molar-refractivity contribution in [3.63, 3.8) is 0 Å². The van der Waals surface area contributed by atoms with Crippen molar-refractivity contribution >= 4 is 11.3 Å². The summed E-state index contributed by atoms with van der Waals surface area (Å²) in [7, 11) is 0. The molecule has 0 fully saturated rings. The SMILES string of the molecule is CC(C)(C)NCc1nnc(Oc2ccc(F)cc2)s1. The molecule has 1 heterocycles. The van der Waals surface area contributed by atoms with Crippen LogP contribution in [0.5, 0.6) is 10.9 Å². The Morgan fingerprint density at radius 2 is 1.89 bits per heavy atom. The minimum Gasteiger partial charge on any atom is -0.430 e. The predicted molar refractivity (Wildman–Crippen MR) is 73.0 cm³/mol. The minimum atomic E-state index is -0.292. The summed E-state index contributed by atoms with van der Waals surface area (Å²) in [6.07, 6.45) is 0. The number of hydrogen-bond donors (Lipinski definition) is 1. The van der Waals surface area contributed by atoms with Gasteiger partial charge in [0, 0.05) is 5.54 Å². The van der Waals surface area contributed by atoms with Crippen LogP contribution < -0.4 is 10.1 Å². The number of nitrogens with one attached hydrogen (secondary N) is 1. The summed E-state index contributed by atoms with van der Waals surface area (Å²) < 4.78 is 18.2. The fourth-order valence-corrected chi connectivity index (χ4v) is 1.94. The highest BCUT2D eigenvalue weighted by Crippen LogP contribution is 2.25. The van der Waals surface area contributed by atoms with Crippen LogP contribution in [0.3, 0.4) is 0 Å². The van der Waals surface area contributed by atoms with Crippen LogP contribution in [0.2, 0.25) is 0 Å². The summed E-state index contributed by atoms with van der Waals surface area (Å²) in [6, 6.07) is 5.81. The molecule has 0 bridgehead atoms. The van der Waals surface area contributed by atoms with Gasteiger partial charge in [0.2, 0.25) is 0 Å². The van der Waals surface area contributed by atoms with E-state index in [1.807, 2.05) is 0 Å². The molecule has 0 saturated carbocycles. The number of halogens is 1. The van der Waals surface area contributed by atoms with E-state index in [2.05, 4.69) is 36.3 Å². The van der Waals surface area contributed by atoms with Crippen LogP contribution in [0.25, 0.3) is 0 Å². The fourth-order valence-electron chi connectivity index (χ4n) is 1.30. The first-order chi connectivity index (χ1) is 8.92. The van der Waals surface area contributed by atoms with Crippen molar-refractivity contribution in [2.75, 3.05) is 0 Å². The Morgan fingerprint density at radius 1 is 1.21 bits per heavy atom. The monoisotopic (exact) mass is 281 g/mol. The van der Waals surface area contributed by atoms with Crippen molar-refractivity contribution in [1.29, 1.82) is 0 Å². The molecule has 4 nitrogen and oxygen atoms in total. The number of rotatable bonds is 4. The zero-order valence-electron chi connectivity index (χ0n) is 11.1. The molecule has 0 aliphatic rings. The molecule has 0 amide bonds. The molecule has 2 aromatic rings. The molecule has 0 spiro atoms. The molecule has 0 atom stereocenters. The van der Waals surface area contributed by atoms with E-state index in [9.17, 15) is 4.39 Å². The van der Waals surface area contributed by atoms with Crippen LogP contribution in [0.4, 0.5) is 4.39 Å². The summed E-state index contributed by atoms with van der Waals surface area (Å²) in [5.74, 6) is 0.257. The van der Waals surface area contributed by atoms with E-state index in [4.69, 9.17) is 4.74 Å². The third-order valence-electron chi connectivity index (χ3n) is 2.24. The second-order valence-corrected chi connectivity index (χ2v) is 6.15. The Hall–Kier alpha value is -1.53. The molecule has 6 heteroatoms. The Bertz CT molecular complexity index is 534. The lowest BCUT2D eigenvalue weighted by molar-refractivity contribution is 0.423. The lowest BCUT2D eigenvalue weighted by Gasteiger charge is -2.19. The second kappa shape index (κ2) is 5.63. The van der Waals surface area contributed by atoms with E-state index in [1.165, 1.54) is 23.5 Å². The molecule has 1 aromatic carbocycles. The van der Waals surface area contributed by atoms with Gasteiger partial charge in [0.15, 0.2) is 0 Å². The molecule has 0 aliphatic carbocycles. The normalized spacial score (nSPS) is 11.6. The lowest BCUT2D eigenvalue weighted by atomic mass is 10.1. The summed E-state index contributed by atoms with van der Waals surface area (Å²) in [4.78, 5) is 0. The van der Waals surface area contributed by atoms with E-state index in [0.29, 0.717) is 17.5 Å². The Labute approximate surface area is 115 Å². The van der Waals surface area contributed by atoms with Gasteiger partial charge in [-0.15, -0.1) is 5.10 Å². The predicted octanol–water partition coefficient (Wildman–Crippen LogP) is 3.36. The van der Waals surface area contributed by atoms with Gasteiger partial charge in [-0.1, -0.05) is 16.4 Å². The first-order valence-electron chi connectivity index (χ1n) is 5.93. The van der Waals surface area contributed by atoms with Gasteiger partial charge < -0.3 is 10.1 Å². The van der Waals surface area contributed by atoms with Gasteiger partial charge in [-0.2, -0.15) is 0 Å². The standard InChI is InChI=1S/C13H16FN3OS/c1-13(2,3)15-8-11-16-17-12(19-11)18-10-6-4-9(14)5-7-10/h4-7,15H,8H2,1-3H3. The zero-order valence-corrected chi connectivity index (χ0v) is 11.9. The van der Waals surface area contributed by atoms with Gasteiger partial charge in [0.1, 0.15) is 16.6 Å². The largest absolute Gasteiger partial charge is 0.430 e. The fraction of sp³-hybridized carbons (Fsp3) is 0.385. The minimum absolute atomic E-state index is 0.0314. The highest BCUT2D eigenvalue weighted by atomic mass is 32.1. The first kappa shape index (κ1) is 13.9. The number of benzene rings is 1.